The molecule has 0 aliphatic carbocycles. The molecule has 0 aliphatic rings. The van der Waals surface area contributed by atoms with E-state index in [4.69, 9.17) is 5.73 Å². The van der Waals surface area contributed by atoms with Crippen LogP contribution in [0.4, 0.5) is 5.69 Å². The van der Waals surface area contributed by atoms with Gasteiger partial charge in [-0.15, -0.1) is 0 Å². The quantitative estimate of drug-likeness (QED) is 0.841. The van der Waals surface area contributed by atoms with Gasteiger partial charge in [-0.1, -0.05) is 26.0 Å². The number of hydrogen-bond donors (Lipinski definition) is 2. The lowest BCUT2D eigenvalue weighted by molar-refractivity contribution is -0.116. The average Bonchev–Trinajstić information content (AvgIpc) is 2.19. The molecular weight excluding hydrogens is 212 g/mol. The summed E-state index contributed by atoms with van der Waals surface area (Å²) in [4.78, 5) is 11.7. The summed E-state index contributed by atoms with van der Waals surface area (Å²) in [6.07, 6.45) is 0.353. The van der Waals surface area contributed by atoms with Gasteiger partial charge in [0.2, 0.25) is 5.91 Å². The van der Waals surface area contributed by atoms with Crippen LogP contribution in [0.15, 0.2) is 18.2 Å². The molecule has 0 spiro atoms. The summed E-state index contributed by atoms with van der Waals surface area (Å²) >= 11 is 0. The summed E-state index contributed by atoms with van der Waals surface area (Å²) in [6, 6.07) is 6.07. The Bertz CT molecular complexity index is 397. The van der Waals surface area contributed by atoms with Gasteiger partial charge in [-0.25, -0.2) is 0 Å². The van der Waals surface area contributed by atoms with E-state index in [2.05, 4.69) is 25.2 Å². The lowest BCUT2D eigenvalue weighted by Gasteiger charge is -2.13. The maximum absolute atomic E-state index is 11.7. The normalized spacial score (nSPS) is 12.6. The number of anilines is 1. The van der Waals surface area contributed by atoms with Crippen molar-refractivity contribution in [1.82, 2.24) is 0 Å². The van der Waals surface area contributed by atoms with Crippen molar-refractivity contribution in [1.29, 1.82) is 0 Å². The molecule has 0 radical (unpaired) electrons. The summed E-state index contributed by atoms with van der Waals surface area (Å²) < 4.78 is 0. The molecule has 1 amide bonds. The molecule has 1 atom stereocenters. The van der Waals surface area contributed by atoms with Crippen LogP contribution in [0.3, 0.4) is 0 Å². The van der Waals surface area contributed by atoms with Crippen molar-refractivity contribution >= 4 is 11.6 Å². The van der Waals surface area contributed by atoms with Gasteiger partial charge >= 0.3 is 0 Å². The summed E-state index contributed by atoms with van der Waals surface area (Å²) in [5, 5.41) is 2.92. The molecule has 0 saturated carbocycles. The number of nitrogens with one attached hydrogen (secondary N) is 1. The first kappa shape index (κ1) is 13.7. The highest BCUT2D eigenvalue weighted by atomic mass is 16.1. The van der Waals surface area contributed by atoms with Gasteiger partial charge in [0.1, 0.15) is 0 Å². The minimum atomic E-state index is -0.108. The molecule has 0 aliphatic heterocycles. The first-order chi connectivity index (χ1) is 7.90. The zero-order valence-corrected chi connectivity index (χ0v) is 11.1. The molecule has 1 rings (SSSR count). The van der Waals surface area contributed by atoms with Crippen molar-refractivity contribution in [2.75, 3.05) is 5.32 Å². The van der Waals surface area contributed by atoms with Gasteiger partial charge in [0.15, 0.2) is 0 Å². The minimum Gasteiger partial charge on any atom is -0.327 e. The Morgan fingerprint density at radius 1 is 1.35 bits per heavy atom. The Labute approximate surface area is 103 Å². The zero-order chi connectivity index (χ0) is 13.0. The molecule has 1 unspecified atom stereocenters. The van der Waals surface area contributed by atoms with Gasteiger partial charge in [0, 0.05) is 18.2 Å². The molecule has 0 bridgehead atoms. The maximum Gasteiger partial charge on any atom is 0.225 e. The summed E-state index contributed by atoms with van der Waals surface area (Å²) in [5.74, 6) is 0.434. The smallest absolute Gasteiger partial charge is 0.225 e. The average molecular weight is 234 g/mol. The highest BCUT2D eigenvalue weighted by molar-refractivity contribution is 5.91. The number of benzene rings is 1. The molecule has 0 aromatic heterocycles. The Morgan fingerprint density at radius 2 is 2.00 bits per heavy atom. The number of rotatable bonds is 4. The Balaban J connectivity index is 2.82. The molecule has 1 aromatic rings. The van der Waals surface area contributed by atoms with Crippen molar-refractivity contribution in [3.63, 3.8) is 0 Å². The van der Waals surface area contributed by atoms with Gasteiger partial charge in [-0.3, -0.25) is 4.79 Å². The Kier molecular flexibility index (Phi) is 4.70. The zero-order valence-electron chi connectivity index (χ0n) is 11.1. The van der Waals surface area contributed by atoms with Gasteiger partial charge in [-0.2, -0.15) is 0 Å². The summed E-state index contributed by atoms with van der Waals surface area (Å²) in [7, 11) is 0. The Hall–Kier alpha value is -1.35. The lowest BCUT2D eigenvalue weighted by Crippen LogP contribution is -2.24. The van der Waals surface area contributed by atoms with Gasteiger partial charge in [0.25, 0.3) is 0 Å². The van der Waals surface area contributed by atoms with E-state index in [0.29, 0.717) is 12.3 Å². The van der Waals surface area contributed by atoms with Crippen LogP contribution in [0.2, 0.25) is 0 Å². The number of amides is 1. The highest BCUT2D eigenvalue weighted by Crippen LogP contribution is 2.22. The first-order valence-electron chi connectivity index (χ1n) is 6.06. The second-order valence-electron chi connectivity index (χ2n) is 4.96. The topological polar surface area (TPSA) is 55.1 Å². The maximum atomic E-state index is 11.7. The highest BCUT2D eigenvalue weighted by Gasteiger charge is 2.08. The molecule has 3 nitrogen and oxygen atoms in total. The third-order valence-corrected chi connectivity index (χ3v) is 2.71. The molecule has 0 saturated heterocycles. The van der Waals surface area contributed by atoms with Gasteiger partial charge in [-0.05, 0) is 37.0 Å². The van der Waals surface area contributed by atoms with Crippen LogP contribution in [0.25, 0.3) is 0 Å². The van der Waals surface area contributed by atoms with Crippen LogP contribution in [0.1, 0.15) is 44.2 Å². The second-order valence-corrected chi connectivity index (χ2v) is 4.96. The lowest BCUT2D eigenvalue weighted by atomic mass is 10.0. The van der Waals surface area contributed by atoms with Crippen LogP contribution in [-0.2, 0) is 4.79 Å². The minimum absolute atomic E-state index is 0.0241. The van der Waals surface area contributed by atoms with E-state index in [-0.39, 0.29) is 11.9 Å². The predicted molar refractivity (Wildman–Crippen MR) is 72.2 cm³/mol. The molecular formula is C14H22N2O. The van der Waals surface area contributed by atoms with Crippen LogP contribution < -0.4 is 11.1 Å². The first-order valence-corrected chi connectivity index (χ1v) is 6.06. The van der Waals surface area contributed by atoms with Crippen LogP contribution in [0.5, 0.6) is 0 Å². The van der Waals surface area contributed by atoms with E-state index in [0.717, 1.165) is 11.3 Å². The van der Waals surface area contributed by atoms with E-state index in [1.807, 2.05) is 26.0 Å². The van der Waals surface area contributed by atoms with Crippen LogP contribution >= 0.6 is 0 Å². The molecule has 3 N–H and O–H groups in total. The SMILES string of the molecule is Cc1ccc(C(C)C)cc1NC(=O)CC(C)N. The standard InChI is InChI=1S/C14H22N2O/c1-9(2)12-6-5-10(3)13(8-12)16-14(17)7-11(4)15/h5-6,8-9,11H,7,15H2,1-4H3,(H,16,17). The fourth-order valence-electron chi connectivity index (χ4n) is 1.63. The number of nitrogens with two attached hydrogens (primary N) is 1. The van der Waals surface area contributed by atoms with Crippen molar-refractivity contribution < 1.29 is 4.79 Å². The third-order valence-electron chi connectivity index (χ3n) is 2.71. The Morgan fingerprint density at radius 3 is 2.53 bits per heavy atom. The molecule has 94 valence electrons. The summed E-state index contributed by atoms with van der Waals surface area (Å²) in [6.45, 7) is 8.10. The van der Waals surface area contributed by atoms with Gasteiger partial charge in [0.05, 0.1) is 0 Å². The molecule has 0 fully saturated rings. The monoisotopic (exact) mass is 234 g/mol. The number of hydrogen-bond acceptors (Lipinski definition) is 2. The van der Waals surface area contributed by atoms with Gasteiger partial charge < -0.3 is 11.1 Å². The molecule has 3 heteroatoms. The van der Waals surface area contributed by atoms with E-state index in [1.54, 1.807) is 0 Å². The molecule has 0 heterocycles. The second kappa shape index (κ2) is 5.82. The van der Waals surface area contributed by atoms with E-state index in [1.165, 1.54) is 5.56 Å². The number of aryl methyl sites for hydroxylation is 1. The van der Waals surface area contributed by atoms with E-state index >= 15 is 0 Å². The number of carbonyl (C=O) groups is 1. The third kappa shape index (κ3) is 4.19. The van der Waals surface area contributed by atoms with Crippen LogP contribution in [-0.4, -0.2) is 11.9 Å². The summed E-state index contributed by atoms with van der Waals surface area (Å²) in [5.41, 5.74) is 8.80. The van der Waals surface area contributed by atoms with Crippen molar-refractivity contribution in [3.05, 3.63) is 29.3 Å². The predicted octanol–water partition coefficient (Wildman–Crippen LogP) is 2.79. The van der Waals surface area contributed by atoms with Crippen molar-refractivity contribution in [2.24, 2.45) is 5.73 Å². The van der Waals surface area contributed by atoms with E-state index < -0.39 is 0 Å². The van der Waals surface area contributed by atoms with Crippen molar-refractivity contribution in [2.45, 2.75) is 46.1 Å². The van der Waals surface area contributed by atoms with Crippen molar-refractivity contribution in [3.8, 4) is 0 Å². The largest absolute Gasteiger partial charge is 0.327 e. The fraction of sp³-hybridized carbons (Fsp3) is 0.500. The fourth-order valence-corrected chi connectivity index (χ4v) is 1.63. The molecule has 17 heavy (non-hydrogen) atoms. The number of carbonyl (C=O) groups excluding carboxylic acids is 1. The van der Waals surface area contributed by atoms with Crippen LogP contribution in [0, 0.1) is 6.92 Å². The molecule has 1 aromatic carbocycles. The van der Waals surface area contributed by atoms with E-state index in [9.17, 15) is 4.79 Å².